The lowest BCUT2D eigenvalue weighted by atomic mass is 9.94. The highest BCUT2D eigenvalue weighted by Crippen LogP contribution is 2.39. The molecule has 0 aliphatic rings. The van der Waals surface area contributed by atoms with Crippen molar-refractivity contribution >= 4 is 55.9 Å². The standard InChI is InChI=1S/C23H14Cl2N2/c1-13-21-22(14-5-3-2-4-6-14)17-11-15(24)7-9-19(17)27-23(21)18-12-16(25)8-10-20(18)26-13/h2-12H,1H3. The molecule has 4 heteroatoms. The van der Waals surface area contributed by atoms with E-state index in [1.807, 2.05) is 61.5 Å². The Balaban J connectivity index is 2.09. The SMILES string of the molecule is Cc1nc2ccc(Cl)cc2c2nc3ccc(Cl)cc3c(-c3ccccc3)c12. The Morgan fingerprint density at radius 3 is 2.04 bits per heavy atom. The summed E-state index contributed by atoms with van der Waals surface area (Å²) in [7, 11) is 0. The van der Waals surface area contributed by atoms with E-state index >= 15 is 0 Å². The highest BCUT2D eigenvalue weighted by atomic mass is 35.5. The van der Waals surface area contributed by atoms with E-state index in [0.29, 0.717) is 10.0 Å². The first kappa shape index (κ1) is 16.5. The maximum atomic E-state index is 6.32. The largest absolute Gasteiger partial charge is 0.252 e. The lowest BCUT2D eigenvalue weighted by molar-refractivity contribution is 1.28. The van der Waals surface area contributed by atoms with Crippen molar-refractivity contribution in [3.05, 3.63) is 82.5 Å². The lowest BCUT2D eigenvalue weighted by Gasteiger charge is -2.15. The molecule has 0 radical (unpaired) electrons. The molecule has 0 atom stereocenters. The number of hydrogen-bond donors (Lipinski definition) is 0. The van der Waals surface area contributed by atoms with Crippen LogP contribution in [0.4, 0.5) is 0 Å². The summed E-state index contributed by atoms with van der Waals surface area (Å²) < 4.78 is 0. The van der Waals surface area contributed by atoms with Gasteiger partial charge in [0.25, 0.3) is 0 Å². The zero-order valence-electron chi connectivity index (χ0n) is 14.5. The van der Waals surface area contributed by atoms with Gasteiger partial charge in [-0.25, -0.2) is 4.98 Å². The van der Waals surface area contributed by atoms with E-state index in [1.54, 1.807) is 0 Å². The van der Waals surface area contributed by atoms with Crippen LogP contribution in [0.15, 0.2) is 66.7 Å². The molecule has 0 amide bonds. The number of nitrogens with zero attached hydrogens (tertiary/aromatic N) is 2. The Bertz CT molecular complexity index is 1350. The number of aryl methyl sites for hydroxylation is 1. The van der Waals surface area contributed by atoms with E-state index in [9.17, 15) is 0 Å². The van der Waals surface area contributed by atoms with Crippen molar-refractivity contribution in [2.45, 2.75) is 6.92 Å². The highest BCUT2D eigenvalue weighted by molar-refractivity contribution is 6.32. The van der Waals surface area contributed by atoms with Gasteiger partial charge in [-0.05, 0) is 48.9 Å². The summed E-state index contributed by atoms with van der Waals surface area (Å²) in [6.45, 7) is 2.03. The van der Waals surface area contributed by atoms with E-state index in [4.69, 9.17) is 33.2 Å². The molecule has 0 saturated carbocycles. The second-order valence-electron chi connectivity index (χ2n) is 6.60. The van der Waals surface area contributed by atoms with Crippen molar-refractivity contribution in [2.24, 2.45) is 0 Å². The molecule has 130 valence electrons. The Morgan fingerprint density at radius 1 is 0.704 bits per heavy atom. The molecule has 27 heavy (non-hydrogen) atoms. The third-order valence-corrected chi connectivity index (χ3v) is 5.34. The Kier molecular flexibility index (Phi) is 3.78. The lowest BCUT2D eigenvalue weighted by Crippen LogP contribution is -1.95. The van der Waals surface area contributed by atoms with Gasteiger partial charge in [0.15, 0.2) is 0 Å². The van der Waals surface area contributed by atoms with E-state index in [2.05, 4.69) is 12.1 Å². The molecule has 0 spiro atoms. The van der Waals surface area contributed by atoms with Crippen molar-refractivity contribution in [2.75, 3.05) is 0 Å². The number of aromatic nitrogens is 2. The van der Waals surface area contributed by atoms with Crippen LogP contribution >= 0.6 is 23.2 Å². The van der Waals surface area contributed by atoms with E-state index in [1.165, 1.54) is 0 Å². The number of halogens is 2. The van der Waals surface area contributed by atoms with E-state index < -0.39 is 0 Å². The minimum absolute atomic E-state index is 0.675. The van der Waals surface area contributed by atoms with Crippen LogP contribution in [0.25, 0.3) is 43.8 Å². The number of fused-ring (bicyclic) bond motifs is 4. The molecule has 0 bridgehead atoms. The van der Waals surface area contributed by atoms with Gasteiger partial charge in [0.2, 0.25) is 0 Å². The van der Waals surface area contributed by atoms with Crippen LogP contribution in [0.2, 0.25) is 10.0 Å². The van der Waals surface area contributed by atoms with E-state index in [-0.39, 0.29) is 0 Å². The fourth-order valence-electron chi connectivity index (χ4n) is 3.72. The summed E-state index contributed by atoms with van der Waals surface area (Å²) >= 11 is 12.6. The first-order valence-electron chi connectivity index (χ1n) is 8.66. The molecule has 2 heterocycles. The van der Waals surface area contributed by atoms with Crippen molar-refractivity contribution < 1.29 is 0 Å². The predicted molar refractivity (Wildman–Crippen MR) is 115 cm³/mol. The molecule has 5 rings (SSSR count). The molecule has 0 fully saturated rings. The summed E-state index contributed by atoms with van der Waals surface area (Å²) in [5, 5.41) is 4.37. The van der Waals surface area contributed by atoms with Gasteiger partial charge in [-0.2, -0.15) is 0 Å². The minimum Gasteiger partial charge on any atom is -0.252 e. The van der Waals surface area contributed by atoms with Gasteiger partial charge < -0.3 is 0 Å². The van der Waals surface area contributed by atoms with Crippen LogP contribution in [0, 0.1) is 6.92 Å². The summed E-state index contributed by atoms with van der Waals surface area (Å²) in [4.78, 5) is 9.81. The molecular weight excluding hydrogens is 375 g/mol. The van der Waals surface area contributed by atoms with Gasteiger partial charge in [-0.3, -0.25) is 4.98 Å². The van der Waals surface area contributed by atoms with Gasteiger partial charge in [-0.1, -0.05) is 53.5 Å². The van der Waals surface area contributed by atoms with Crippen molar-refractivity contribution in [3.8, 4) is 11.1 Å². The number of pyridine rings is 2. The molecule has 2 aromatic heterocycles. The molecule has 0 aliphatic carbocycles. The van der Waals surface area contributed by atoms with Crippen LogP contribution in [0.5, 0.6) is 0 Å². The summed E-state index contributed by atoms with van der Waals surface area (Å²) in [5.74, 6) is 0. The second kappa shape index (κ2) is 6.19. The third-order valence-electron chi connectivity index (χ3n) is 4.87. The average molecular weight is 389 g/mol. The molecule has 0 aliphatic heterocycles. The van der Waals surface area contributed by atoms with Crippen molar-refractivity contribution in [3.63, 3.8) is 0 Å². The third kappa shape index (κ3) is 2.64. The highest BCUT2D eigenvalue weighted by Gasteiger charge is 2.17. The number of hydrogen-bond acceptors (Lipinski definition) is 2. The quantitative estimate of drug-likeness (QED) is 0.223. The van der Waals surface area contributed by atoms with Crippen LogP contribution in [-0.2, 0) is 0 Å². The smallest absolute Gasteiger partial charge is 0.0828 e. The van der Waals surface area contributed by atoms with Crippen LogP contribution in [0.3, 0.4) is 0 Å². The van der Waals surface area contributed by atoms with Gasteiger partial charge in [0, 0.05) is 37.5 Å². The molecule has 0 N–H and O–H groups in total. The fraction of sp³-hybridized carbons (Fsp3) is 0.0435. The van der Waals surface area contributed by atoms with Gasteiger partial charge in [-0.15, -0.1) is 0 Å². The summed E-state index contributed by atoms with van der Waals surface area (Å²) in [6.07, 6.45) is 0. The molecular formula is C23H14Cl2N2. The molecule has 3 aromatic carbocycles. The van der Waals surface area contributed by atoms with Crippen LogP contribution in [0.1, 0.15) is 5.69 Å². The second-order valence-corrected chi connectivity index (χ2v) is 7.47. The average Bonchev–Trinajstić information content (AvgIpc) is 2.68. The molecule has 0 unspecified atom stereocenters. The summed E-state index contributed by atoms with van der Waals surface area (Å²) in [5.41, 5.74) is 5.86. The first-order chi connectivity index (χ1) is 13.1. The van der Waals surface area contributed by atoms with Gasteiger partial charge in [0.05, 0.1) is 16.6 Å². The topological polar surface area (TPSA) is 25.8 Å². The van der Waals surface area contributed by atoms with Crippen molar-refractivity contribution in [1.82, 2.24) is 9.97 Å². The fourth-order valence-corrected chi connectivity index (χ4v) is 4.06. The Labute approximate surface area is 166 Å². The van der Waals surface area contributed by atoms with Gasteiger partial charge >= 0.3 is 0 Å². The Hall–Kier alpha value is -2.68. The first-order valence-corrected chi connectivity index (χ1v) is 9.42. The maximum Gasteiger partial charge on any atom is 0.0828 e. The number of rotatable bonds is 1. The van der Waals surface area contributed by atoms with Crippen molar-refractivity contribution in [1.29, 1.82) is 0 Å². The van der Waals surface area contributed by atoms with Crippen LogP contribution in [-0.4, -0.2) is 9.97 Å². The maximum absolute atomic E-state index is 6.32. The monoisotopic (exact) mass is 388 g/mol. The number of benzene rings is 3. The van der Waals surface area contributed by atoms with Crippen LogP contribution < -0.4 is 0 Å². The molecule has 5 aromatic rings. The van der Waals surface area contributed by atoms with Gasteiger partial charge in [0.1, 0.15) is 0 Å². The summed E-state index contributed by atoms with van der Waals surface area (Å²) in [6, 6.07) is 21.9. The Morgan fingerprint density at radius 2 is 1.33 bits per heavy atom. The zero-order valence-corrected chi connectivity index (χ0v) is 16.0. The normalized spacial score (nSPS) is 11.5. The molecule has 0 saturated heterocycles. The zero-order chi connectivity index (χ0) is 18.5. The van der Waals surface area contributed by atoms with E-state index in [0.717, 1.165) is 49.5 Å². The molecule has 2 nitrogen and oxygen atoms in total. The minimum atomic E-state index is 0.675. The predicted octanol–water partition coefficient (Wildman–Crippen LogP) is 7.22.